The highest BCUT2D eigenvalue weighted by atomic mass is 35.5. The molecule has 0 aliphatic rings. The second kappa shape index (κ2) is 6.84. The van der Waals surface area contributed by atoms with Crippen LogP contribution in [-0.2, 0) is 10.1 Å². The van der Waals surface area contributed by atoms with Gasteiger partial charge in [-0.2, -0.15) is 8.42 Å². The number of halogens is 1. The lowest BCUT2D eigenvalue weighted by atomic mass is 10.3. The van der Waals surface area contributed by atoms with E-state index in [2.05, 4.69) is 0 Å². The van der Waals surface area contributed by atoms with Crippen LogP contribution >= 0.6 is 11.6 Å². The number of benzene rings is 2. The number of rotatable bonds is 6. The highest BCUT2D eigenvalue weighted by Crippen LogP contribution is 2.29. The molecule has 0 aliphatic carbocycles. The van der Waals surface area contributed by atoms with Crippen LogP contribution in [0, 0.1) is 10.1 Å². The zero-order chi connectivity index (χ0) is 17.0. The fourth-order valence-corrected chi connectivity index (χ4v) is 2.88. The van der Waals surface area contributed by atoms with Crippen LogP contribution in [0.15, 0.2) is 47.4 Å². The van der Waals surface area contributed by atoms with Gasteiger partial charge >= 0.3 is 10.1 Å². The SMILES string of the molecule is CCOc1cccc(OS(=O)(=O)c2ccc(Cl)c([N+](=O)[O-])c2)c1. The molecule has 0 unspecified atom stereocenters. The van der Waals surface area contributed by atoms with Gasteiger partial charge < -0.3 is 8.92 Å². The Morgan fingerprint density at radius 2 is 1.87 bits per heavy atom. The van der Waals surface area contributed by atoms with E-state index in [1.807, 2.05) is 0 Å². The van der Waals surface area contributed by atoms with Crippen molar-refractivity contribution < 1.29 is 22.3 Å². The largest absolute Gasteiger partial charge is 0.494 e. The summed E-state index contributed by atoms with van der Waals surface area (Å²) in [6, 6.07) is 9.18. The lowest BCUT2D eigenvalue weighted by Gasteiger charge is -2.09. The molecule has 0 aromatic heterocycles. The van der Waals surface area contributed by atoms with Crippen molar-refractivity contribution in [3.05, 3.63) is 57.6 Å². The van der Waals surface area contributed by atoms with E-state index < -0.39 is 20.7 Å². The predicted octanol–water partition coefficient (Wildman–Crippen LogP) is 3.41. The van der Waals surface area contributed by atoms with Gasteiger partial charge in [-0.3, -0.25) is 10.1 Å². The number of nitro benzene ring substituents is 1. The minimum Gasteiger partial charge on any atom is -0.494 e. The van der Waals surface area contributed by atoms with Crippen molar-refractivity contribution in [2.24, 2.45) is 0 Å². The van der Waals surface area contributed by atoms with Crippen molar-refractivity contribution in [3.63, 3.8) is 0 Å². The van der Waals surface area contributed by atoms with Crippen LogP contribution < -0.4 is 8.92 Å². The number of nitrogens with zero attached hydrogens (tertiary/aromatic N) is 1. The first-order valence-corrected chi connectivity index (χ1v) is 8.23. The molecule has 0 heterocycles. The summed E-state index contributed by atoms with van der Waals surface area (Å²) in [4.78, 5) is 9.71. The van der Waals surface area contributed by atoms with Gasteiger partial charge in [0.25, 0.3) is 5.69 Å². The van der Waals surface area contributed by atoms with Gasteiger partial charge in [-0.25, -0.2) is 0 Å². The Morgan fingerprint density at radius 1 is 1.17 bits per heavy atom. The van der Waals surface area contributed by atoms with Crippen molar-refractivity contribution in [3.8, 4) is 11.5 Å². The van der Waals surface area contributed by atoms with Gasteiger partial charge in [0.2, 0.25) is 0 Å². The topological polar surface area (TPSA) is 95.7 Å². The van der Waals surface area contributed by atoms with E-state index in [0.717, 1.165) is 18.2 Å². The molecule has 0 radical (unpaired) electrons. The first-order valence-electron chi connectivity index (χ1n) is 6.45. The van der Waals surface area contributed by atoms with Crippen LogP contribution in [0.5, 0.6) is 11.5 Å². The van der Waals surface area contributed by atoms with Gasteiger partial charge in [-0.05, 0) is 31.2 Å². The van der Waals surface area contributed by atoms with Crippen molar-refractivity contribution >= 4 is 27.4 Å². The van der Waals surface area contributed by atoms with Crippen LogP contribution in [-0.4, -0.2) is 19.9 Å². The summed E-state index contributed by atoms with van der Waals surface area (Å²) in [6.45, 7) is 2.21. The molecule has 122 valence electrons. The monoisotopic (exact) mass is 357 g/mol. The van der Waals surface area contributed by atoms with E-state index in [-0.39, 0.29) is 15.7 Å². The quantitative estimate of drug-likeness (QED) is 0.446. The highest BCUT2D eigenvalue weighted by Gasteiger charge is 2.22. The number of hydrogen-bond acceptors (Lipinski definition) is 6. The Hall–Kier alpha value is -2.32. The van der Waals surface area contributed by atoms with Gasteiger partial charge in [-0.15, -0.1) is 0 Å². The summed E-state index contributed by atoms with van der Waals surface area (Å²) < 4.78 is 34.7. The van der Waals surface area contributed by atoms with Crippen molar-refractivity contribution in [2.75, 3.05) is 6.61 Å². The lowest BCUT2D eigenvalue weighted by Crippen LogP contribution is -2.10. The third kappa shape index (κ3) is 4.11. The number of ether oxygens (including phenoxy) is 1. The second-order valence-corrected chi connectivity index (χ2v) is 6.27. The van der Waals surface area contributed by atoms with E-state index >= 15 is 0 Å². The Kier molecular flexibility index (Phi) is 5.07. The smallest absolute Gasteiger partial charge is 0.339 e. The van der Waals surface area contributed by atoms with Crippen LogP contribution in [0.1, 0.15) is 6.92 Å². The summed E-state index contributed by atoms with van der Waals surface area (Å²) in [5, 5.41) is 10.7. The summed E-state index contributed by atoms with van der Waals surface area (Å²) in [7, 11) is -4.24. The van der Waals surface area contributed by atoms with Crippen molar-refractivity contribution in [1.29, 1.82) is 0 Å². The van der Waals surface area contributed by atoms with Crippen molar-refractivity contribution in [1.82, 2.24) is 0 Å². The molecular weight excluding hydrogens is 346 g/mol. The fraction of sp³-hybridized carbons (Fsp3) is 0.143. The van der Waals surface area contributed by atoms with E-state index in [1.54, 1.807) is 19.1 Å². The van der Waals surface area contributed by atoms with Gasteiger partial charge in [0.1, 0.15) is 21.4 Å². The Bertz CT molecular complexity index is 837. The fourth-order valence-electron chi connectivity index (χ4n) is 1.75. The molecule has 0 spiro atoms. The summed E-state index contributed by atoms with van der Waals surface area (Å²) >= 11 is 5.66. The molecule has 2 aromatic carbocycles. The molecular formula is C14H12ClNO6S. The average molecular weight is 358 g/mol. The Morgan fingerprint density at radius 3 is 2.52 bits per heavy atom. The molecule has 0 amide bonds. The molecule has 2 aromatic rings. The Labute approximate surface area is 137 Å². The highest BCUT2D eigenvalue weighted by molar-refractivity contribution is 7.87. The summed E-state index contributed by atoms with van der Waals surface area (Å²) in [5.41, 5.74) is -0.514. The average Bonchev–Trinajstić information content (AvgIpc) is 2.47. The standard InChI is InChI=1S/C14H12ClNO6S/c1-2-21-10-4-3-5-11(8-10)22-23(19,20)12-6-7-13(15)14(9-12)16(17)18/h3-9H,2H2,1H3. The third-order valence-corrected chi connectivity index (χ3v) is 4.29. The van der Waals surface area contributed by atoms with Crippen LogP contribution in [0.4, 0.5) is 5.69 Å². The molecule has 23 heavy (non-hydrogen) atoms. The first-order chi connectivity index (χ1) is 10.8. The molecule has 0 atom stereocenters. The summed E-state index contributed by atoms with van der Waals surface area (Å²) in [6.07, 6.45) is 0. The third-order valence-electron chi connectivity index (χ3n) is 2.73. The minimum atomic E-state index is -4.24. The van der Waals surface area contributed by atoms with E-state index in [0.29, 0.717) is 12.4 Å². The van der Waals surface area contributed by atoms with E-state index in [4.69, 9.17) is 20.5 Å². The second-order valence-electron chi connectivity index (χ2n) is 4.32. The van der Waals surface area contributed by atoms with E-state index in [9.17, 15) is 18.5 Å². The van der Waals surface area contributed by atoms with Gasteiger partial charge in [0.05, 0.1) is 11.5 Å². The molecule has 0 fully saturated rings. The normalized spacial score (nSPS) is 11.0. The maximum atomic E-state index is 12.2. The van der Waals surface area contributed by atoms with Gasteiger partial charge in [-0.1, -0.05) is 17.7 Å². The molecule has 0 bridgehead atoms. The van der Waals surface area contributed by atoms with Crippen LogP contribution in [0.25, 0.3) is 0 Å². The van der Waals surface area contributed by atoms with Crippen molar-refractivity contribution in [2.45, 2.75) is 11.8 Å². The maximum absolute atomic E-state index is 12.2. The minimum absolute atomic E-state index is 0.0357. The number of hydrogen-bond donors (Lipinski definition) is 0. The maximum Gasteiger partial charge on any atom is 0.339 e. The number of nitro groups is 1. The molecule has 7 nitrogen and oxygen atoms in total. The summed E-state index contributed by atoms with van der Waals surface area (Å²) in [5.74, 6) is 0.482. The molecule has 2 rings (SSSR count). The van der Waals surface area contributed by atoms with E-state index in [1.165, 1.54) is 12.1 Å². The van der Waals surface area contributed by atoms with Gasteiger partial charge in [0.15, 0.2) is 0 Å². The Balaban J connectivity index is 2.34. The van der Waals surface area contributed by atoms with Crippen LogP contribution in [0.2, 0.25) is 5.02 Å². The van der Waals surface area contributed by atoms with Crippen LogP contribution in [0.3, 0.4) is 0 Å². The predicted molar refractivity (Wildman–Crippen MR) is 83.5 cm³/mol. The first kappa shape index (κ1) is 17.0. The molecule has 0 N–H and O–H groups in total. The zero-order valence-electron chi connectivity index (χ0n) is 11.9. The molecule has 0 saturated carbocycles. The molecule has 0 saturated heterocycles. The zero-order valence-corrected chi connectivity index (χ0v) is 13.5. The lowest BCUT2D eigenvalue weighted by molar-refractivity contribution is -0.384. The van der Waals surface area contributed by atoms with Gasteiger partial charge in [0, 0.05) is 12.1 Å². The molecule has 0 aliphatic heterocycles. The molecule has 9 heteroatoms.